The molecule has 0 radical (unpaired) electrons. The van der Waals surface area contributed by atoms with E-state index in [1.165, 1.54) is 5.56 Å². The van der Waals surface area contributed by atoms with Crippen LogP contribution in [0.4, 0.5) is 13.2 Å². The minimum Gasteiger partial charge on any atom is -0.207 e. The molecule has 1 saturated carbocycles. The zero-order valence-corrected chi connectivity index (χ0v) is 20.1. The highest BCUT2D eigenvalue weighted by atomic mass is 19.2. The van der Waals surface area contributed by atoms with Gasteiger partial charge >= 0.3 is 0 Å². The van der Waals surface area contributed by atoms with Crippen molar-refractivity contribution in [3.63, 3.8) is 0 Å². The van der Waals surface area contributed by atoms with Crippen LogP contribution in [0, 0.1) is 23.4 Å². The molecule has 34 heavy (non-hydrogen) atoms. The third-order valence-corrected chi connectivity index (χ3v) is 7.15. The van der Waals surface area contributed by atoms with Gasteiger partial charge in [-0.2, -0.15) is 0 Å². The molecular formula is C31H33F3. The first-order valence-electron chi connectivity index (χ1n) is 12.5. The molecule has 0 bridgehead atoms. The first-order valence-corrected chi connectivity index (χ1v) is 12.5. The normalized spacial score (nSPS) is 18.5. The monoisotopic (exact) mass is 462 g/mol. The lowest BCUT2D eigenvalue weighted by atomic mass is 9.78. The Morgan fingerprint density at radius 1 is 0.794 bits per heavy atom. The van der Waals surface area contributed by atoms with Crippen molar-refractivity contribution in [1.82, 2.24) is 0 Å². The van der Waals surface area contributed by atoms with Crippen LogP contribution < -0.4 is 0 Å². The van der Waals surface area contributed by atoms with Gasteiger partial charge in [-0.25, -0.2) is 13.2 Å². The van der Waals surface area contributed by atoms with E-state index in [9.17, 15) is 13.2 Å². The van der Waals surface area contributed by atoms with E-state index in [0.29, 0.717) is 11.5 Å². The maximum absolute atomic E-state index is 14.8. The highest BCUT2D eigenvalue weighted by molar-refractivity contribution is 5.67. The van der Waals surface area contributed by atoms with Gasteiger partial charge in [0.25, 0.3) is 0 Å². The lowest BCUT2D eigenvalue weighted by Gasteiger charge is -2.27. The molecule has 178 valence electrons. The molecule has 0 unspecified atom stereocenters. The summed E-state index contributed by atoms with van der Waals surface area (Å²) in [5, 5.41) is 0. The number of benzene rings is 3. The van der Waals surface area contributed by atoms with Crippen LogP contribution in [-0.4, -0.2) is 0 Å². The zero-order valence-electron chi connectivity index (χ0n) is 20.1. The third-order valence-electron chi connectivity index (χ3n) is 7.15. The van der Waals surface area contributed by atoms with Crippen molar-refractivity contribution >= 4 is 6.08 Å². The summed E-state index contributed by atoms with van der Waals surface area (Å²) < 4.78 is 44.2. The standard InChI is InChI=1S/C31H33F3/c1-3-5-22-6-14-25(15-7-22)28-19-17-26(30(33)31(28)34)16-10-23-8-12-24(13-9-23)27-18-11-21(4-2)20-29(27)32/h6-7,10-11,14-20,23-24H,3-5,8-9,12-13H2,1-2H3/b16-10+. The van der Waals surface area contributed by atoms with Gasteiger partial charge in [0.1, 0.15) is 5.82 Å². The van der Waals surface area contributed by atoms with Crippen molar-refractivity contribution in [1.29, 1.82) is 0 Å². The van der Waals surface area contributed by atoms with Crippen molar-refractivity contribution < 1.29 is 13.2 Å². The molecule has 3 heteroatoms. The number of halogens is 3. The maximum Gasteiger partial charge on any atom is 0.167 e. The molecule has 0 saturated heterocycles. The Balaban J connectivity index is 1.41. The van der Waals surface area contributed by atoms with E-state index >= 15 is 0 Å². The van der Waals surface area contributed by atoms with Crippen LogP contribution >= 0.6 is 0 Å². The SMILES string of the molecule is CCCc1ccc(-c2ccc(/C=C/C3CCC(c4ccc(CC)cc4F)CC3)c(F)c2F)cc1. The summed E-state index contributed by atoms with van der Waals surface area (Å²) in [6.07, 6.45) is 10.2. The average Bonchev–Trinajstić information content (AvgIpc) is 2.86. The quantitative estimate of drug-likeness (QED) is 0.328. The molecule has 0 aromatic heterocycles. The highest BCUT2D eigenvalue weighted by Gasteiger charge is 2.23. The number of hydrogen-bond donors (Lipinski definition) is 0. The van der Waals surface area contributed by atoms with Gasteiger partial charge in [0.15, 0.2) is 11.6 Å². The minimum atomic E-state index is -0.807. The lowest BCUT2D eigenvalue weighted by molar-refractivity contribution is 0.369. The van der Waals surface area contributed by atoms with E-state index in [1.807, 2.05) is 49.4 Å². The van der Waals surface area contributed by atoms with Crippen molar-refractivity contribution in [3.05, 3.63) is 100 Å². The van der Waals surface area contributed by atoms with Gasteiger partial charge in [0.2, 0.25) is 0 Å². The predicted molar refractivity (Wildman–Crippen MR) is 135 cm³/mol. The summed E-state index contributed by atoms with van der Waals surface area (Å²) in [5.74, 6) is -1.19. The van der Waals surface area contributed by atoms with Crippen molar-refractivity contribution in [3.8, 4) is 11.1 Å². The Morgan fingerprint density at radius 3 is 2.15 bits per heavy atom. The average molecular weight is 463 g/mol. The van der Waals surface area contributed by atoms with Crippen LogP contribution in [0.1, 0.15) is 74.1 Å². The molecule has 3 aromatic rings. The minimum absolute atomic E-state index is 0.101. The van der Waals surface area contributed by atoms with Gasteiger partial charge in [-0.1, -0.05) is 81.0 Å². The number of rotatable bonds is 7. The second-order valence-corrected chi connectivity index (χ2v) is 9.46. The molecule has 0 atom stereocenters. The second kappa shape index (κ2) is 11.1. The summed E-state index contributed by atoms with van der Waals surface area (Å²) in [5.41, 5.74) is 4.27. The van der Waals surface area contributed by atoms with Gasteiger partial charge in [0.05, 0.1) is 0 Å². The third kappa shape index (κ3) is 5.46. The Labute approximate surface area is 201 Å². The number of allylic oxidation sites excluding steroid dienone is 1. The molecular weight excluding hydrogens is 429 g/mol. The molecule has 0 heterocycles. The van der Waals surface area contributed by atoms with Gasteiger partial charge in [0, 0.05) is 11.1 Å². The summed E-state index contributed by atoms with van der Waals surface area (Å²) >= 11 is 0. The summed E-state index contributed by atoms with van der Waals surface area (Å²) in [6.45, 7) is 4.14. The fourth-order valence-electron chi connectivity index (χ4n) is 5.04. The van der Waals surface area contributed by atoms with Gasteiger partial charge in [-0.15, -0.1) is 0 Å². The first kappa shape index (κ1) is 24.3. The smallest absolute Gasteiger partial charge is 0.167 e. The number of hydrogen-bond acceptors (Lipinski definition) is 0. The Bertz CT molecular complexity index is 1140. The van der Waals surface area contributed by atoms with E-state index in [1.54, 1.807) is 24.3 Å². The Kier molecular flexibility index (Phi) is 7.92. The topological polar surface area (TPSA) is 0 Å². The van der Waals surface area contributed by atoms with Crippen molar-refractivity contribution in [2.75, 3.05) is 0 Å². The van der Waals surface area contributed by atoms with Gasteiger partial charge in [-0.3, -0.25) is 0 Å². The maximum atomic E-state index is 14.8. The predicted octanol–water partition coefficient (Wildman–Crippen LogP) is 9.27. The van der Waals surface area contributed by atoms with Crippen LogP contribution in [-0.2, 0) is 12.8 Å². The fourth-order valence-corrected chi connectivity index (χ4v) is 5.04. The van der Waals surface area contributed by atoms with Crippen LogP contribution in [0.3, 0.4) is 0 Å². The molecule has 0 amide bonds. The van der Waals surface area contributed by atoms with Crippen LogP contribution in [0.25, 0.3) is 17.2 Å². The summed E-state index contributed by atoms with van der Waals surface area (Å²) in [4.78, 5) is 0. The van der Waals surface area contributed by atoms with Crippen LogP contribution in [0.2, 0.25) is 0 Å². The Morgan fingerprint density at radius 2 is 1.50 bits per heavy atom. The molecule has 0 nitrogen and oxygen atoms in total. The molecule has 3 aromatic carbocycles. The second-order valence-electron chi connectivity index (χ2n) is 9.46. The van der Waals surface area contributed by atoms with Crippen molar-refractivity contribution in [2.24, 2.45) is 5.92 Å². The summed E-state index contributed by atoms with van der Waals surface area (Å²) in [6, 6.07) is 16.6. The highest BCUT2D eigenvalue weighted by Crippen LogP contribution is 2.38. The largest absolute Gasteiger partial charge is 0.207 e. The molecule has 4 rings (SSSR count). The lowest BCUT2D eigenvalue weighted by Crippen LogP contribution is -2.13. The van der Waals surface area contributed by atoms with E-state index in [2.05, 4.69) is 6.92 Å². The fraction of sp³-hybridized carbons (Fsp3) is 0.355. The molecule has 1 aliphatic rings. The molecule has 0 N–H and O–H groups in total. The Hall–Kier alpha value is -2.81. The first-order chi connectivity index (χ1) is 16.5. The zero-order chi connectivity index (χ0) is 24.1. The summed E-state index contributed by atoms with van der Waals surface area (Å²) in [7, 11) is 0. The van der Waals surface area contributed by atoms with Crippen molar-refractivity contribution in [2.45, 2.75) is 64.7 Å². The molecule has 0 aliphatic heterocycles. The van der Waals surface area contributed by atoms with Crippen LogP contribution in [0.5, 0.6) is 0 Å². The number of aryl methyl sites for hydroxylation is 2. The molecule has 1 aliphatic carbocycles. The molecule has 1 fully saturated rings. The molecule has 0 spiro atoms. The van der Waals surface area contributed by atoms with E-state index < -0.39 is 11.6 Å². The van der Waals surface area contributed by atoms with E-state index in [0.717, 1.165) is 56.1 Å². The van der Waals surface area contributed by atoms with Gasteiger partial charge < -0.3 is 0 Å². The van der Waals surface area contributed by atoms with E-state index in [4.69, 9.17) is 0 Å². The van der Waals surface area contributed by atoms with E-state index in [-0.39, 0.29) is 22.9 Å². The van der Waals surface area contributed by atoms with Gasteiger partial charge in [-0.05, 0) is 78.7 Å². The van der Waals surface area contributed by atoms with Crippen LogP contribution in [0.15, 0.2) is 60.7 Å².